The van der Waals surface area contributed by atoms with Crippen molar-refractivity contribution in [2.75, 3.05) is 7.11 Å². The van der Waals surface area contributed by atoms with Crippen LogP contribution in [0.3, 0.4) is 0 Å². The summed E-state index contributed by atoms with van der Waals surface area (Å²) in [7, 11) is 1.39. The minimum Gasteiger partial charge on any atom is -0.465 e. The standard InChI is InChI=1S/C15H17NO2S/c1-8-6-9(2)12(10(3)7-8)14-16-11(4)13(19-14)15(17)18-5/h6-7H,1-5H3. The maximum Gasteiger partial charge on any atom is 0.349 e. The average molecular weight is 275 g/mol. The number of nitrogens with zero attached hydrogens (tertiary/aromatic N) is 1. The Morgan fingerprint density at radius 2 is 1.74 bits per heavy atom. The first-order chi connectivity index (χ1) is 8.93. The molecule has 0 atom stereocenters. The lowest BCUT2D eigenvalue weighted by Gasteiger charge is -2.08. The second-order valence-corrected chi connectivity index (χ2v) is 5.70. The van der Waals surface area contributed by atoms with E-state index in [9.17, 15) is 4.79 Å². The Kier molecular flexibility index (Phi) is 3.71. The molecule has 0 radical (unpaired) electrons. The number of carbonyl (C=O) groups is 1. The van der Waals surface area contributed by atoms with Crippen molar-refractivity contribution >= 4 is 17.3 Å². The van der Waals surface area contributed by atoms with Gasteiger partial charge in [0, 0.05) is 5.56 Å². The molecule has 2 aromatic rings. The predicted octanol–water partition coefficient (Wildman–Crippen LogP) is 3.83. The molecule has 0 unspecified atom stereocenters. The fourth-order valence-corrected chi connectivity index (χ4v) is 3.46. The number of ether oxygens (including phenoxy) is 1. The highest BCUT2D eigenvalue weighted by atomic mass is 32.1. The summed E-state index contributed by atoms with van der Waals surface area (Å²) in [6, 6.07) is 4.27. The third-order valence-electron chi connectivity index (χ3n) is 3.06. The van der Waals surface area contributed by atoms with Crippen LogP contribution in [0.4, 0.5) is 0 Å². The molecule has 3 nitrogen and oxygen atoms in total. The third-order valence-corrected chi connectivity index (χ3v) is 4.21. The van der Waals surface area contributed by atoms with Gasteiger partial charge >= 0.3 is 5.97 Å². The Labute approximate surface area is 117 Å². The Bertz CT molecular complexity index is 621. The highest BCUT2D eigenvalue weighted by Crippen LogP contribution is 2.33. The topological polar surface area (TPSA) is 39.2 Å². The number of esters is 1. The number of hydrogen-bond acceptors (Lipinski definition) is 4. The van der Waals surface area contributed by atoms with Crippen LogP contribution >= 0.6 is 11.3 Å². The van der Waals surface area contributed by atoms with E-state index in [2.05, 4.69) is 37.9 Å². The highest BCUT2D eigenvalue weighted by molar-refractivity contribution is 7.17. The first-order valence-electron chi connectivity index (χ1n) is 6.08. The van der Waals surface area contributed by atoms with Gasteiger partial charge in [0.25, 0.3) is 0 Å². The van der Waals surface area contributed by atoms with Gasteiger partial charge in [0.05, 0.1) is 12.8 Å². The van der Waals surface area contributed by atoms with E-state index < -0.39 is 0 Å². The molecule has 0 aliphatic carbocycles. The fourth-order valence-electron chi connectivity index (χ4n) is 2.30. The number of aryl methyl sites for hydroxylation is 4. The van der Waals surface area contributed by atoms with Crippen LogP contribution in [0.2, 0.25) is 0 Å². The first kappa shape index (κ1) is 13.7. The van der Waals surface area contributed by atoms with Crippen LogP contribution in [-0.4, -0.2) is 18.1 Å². The number of thiazole rings is 1. The van der Waals surface area contributed by atoms with Gasteiger partial charge in [0.2, 0.25) is 0 Å². The fraction of sp³-hybridized carbons (Fsp3) is 0.333. The zero-order valence-corrected chi connectivity index (χ0v) is 12.6. The van der Waals surface area contributed by atoms with E-state index >= 15 is 0 Å². The molecular formula is C15H17NO2S. The van der Waals surface area contributed by atoms with Crippen molar-refractivity contribution in [3.63, 3.8) is 0 Å². The van der Waals surface area contributed by atoms with Crippen LogP contribution < -0.4 is 0 Å². The van der Waals surface area contributed by atoms with E-state index in [4.69, 9.17) is 4.74 Å². The van der Waals surface area contributed by atoms with Gasteiger partial charge in [-0.1, -0.05) is 17.7 Å². The predicted molar refractivity (Wildman–Crippen MR) is 77.8 cm³/mol. The molecule has 0 saturated heterocycles. The molecule has 2 rings (SSSR count). The smallest absolute Gasteiger partial charge is 0.349 e. The first-order valence-corrected chi connectivity index (χ1v) is 6.89. The van der Waals surface area contributed by atoms with Crippen LogP contribution in [0.5, 0.6) is 0 Å². The summed E-state index contributed by atoms with van der Waals surface area (Å²) < 4.78 is 4.78. The lowest BCUT2D eigenvalue weighted by molar-refractivity contribution is 0.0605. The summed E-state index contributed by atoms with van der Waals surface area (Å²) in [5.41, 5.74) is 5.45. The Morgan fingerprint density at radius 1 is 1.16 bits per heavy atom. The molecule has 100 valence electrons. The molecule has 0 saturated carbocycles. The summed E-state index contributed by atoms with van der Waals surface area (Å²) in [6.07, 6.45) is 0. The quantitative estimate of drug-likeness (QED) is 0.782. The summed E-state index contributed by atoms with van der Waals surface area (Å²) in [6.45, 7) is 8.07. The molecule has 0 bridgehead atoms. The van der Waals surface area contributed by atoms with E-state index in [1.54, 1.807) is 0 Å². The van der Waals surface area contributed by atoms with Crippen LogP contribution in [0, 0.1) is 27.7 Å². The number of benzene rings is 1. The molecule has 4 heteroatoms. The molecule has 1 heterocycles. The zero-order chi connectivity index (χ0) is 14.2. The van der Waals surface area contributed by atoms with Crippen molar-refractivity contribution in [3.05, 3.63) is 39.4 Å². The van der Waals surface area contributed by atoms with E-state index in [1.807, 2.05) is 6.92 Å². The Balaban J connectivity index is 2.58. The monoisotopic (exact) mass is 275 g/mol. The number of hydrogen-bond donors (Lipinski definition) is 0. The van der Waals surface area contributed by atoms with Crippen molar-refractivity contribution in [2.24, 2.45) is 0 Å². The molecule has 0 N–H and O–H groups in total. The van der Waals surface area contributed by atoms with Crippen LogP contribution in [-0.2, 0) is 4.74 Å². The minimum absolute atomic E-state index is 0.316. The molecule has 0 amide bonds. The normalized spacial score (nSPS) is 10.6. The maximum atomic E-state index is 11.7. The summed E-state index contributed by atoms with van der Waals surface area (Å²) >= 11 is 1.39. The van der Waals surface area contributed by atoms with Gasteiger partial charge < -0.3 is 4.74 Å². The van der Waals surface area contributed by atoms with E-state index in [1.165, 1.54) is 35.1 Å². The SMILES string of the molecule is COC(=O)c1sc(-c2c(C)cc(C)cc2C)nc1C. The van der Waals surface area contributed by atoms with Crippen LogP contribution in [0.25, 0.3) is 10.6 Å². The van der Waals surface area contributed by atoms with Crippen molar-refractivity contribution in [2.45, 2.75) is 27.7 Å². The number of carbonyl (C=O) groups excluding carboxylic acids is 1. The molecule has 1 aromatic carbocycles. The van der Waals surface area contributed by atoms with Gasteiger partial charge in [-0.05, 0) is 38.8 Å². The number of methoxy groups -OCH3 is 1. The highest BCUT2D eigenvalue weighted by Gasteiger charge is 2.18. The Hall–Kier alpha value is -1.68. The lowest BCUT2D eigenvalue weighted by atomic mass is 10.0. The van der Waals surface area contributed by atoms with E-state index in [-0.39, 0.29) is 5.97 Å². The van der Waals surface area contributed by atoms with Crippen LogP contribution in [0.15, 0.2) is 12.1 Å². The molecule has 0 spiro atoms. The molecule has 1 aromatic heterocycles. The molecule has 0 aliphatic heterocycles. The maximum absolute atomic E-state index is 11.7. The summed E-state index contributed by atoms with van der Waals surface area (Å²) in [4.78, 5) is 16.8. The second kappa shape index (κ2) is 5.13. The van der Waals surface area contributed by atoms with Gasteiger partial charge in [-0.15, -0.1) is 11.3 Å². The third kappa shape index (κ3) is 2.54. The summed E-state index contributed by atoms with van der Waals surface area (Å²) in [5.74, 6) is -0.316. The van der Waals surface area contributed by atoms with Crippen molar-refractivity contribution in [1.82, 2.24) is 4.98 Å². The molecule has 0 fully saturated rings. The summed E-state index contributed by atoms with van der Waals surface area (Å²) in [5, 5.41) is 0.882. The van der Waals surface area contributed by atoms with Gasteiger partial charge in [-0.25, -0.2) is 9.78 Å². The number of aromatic nitrogens is 1. The number of rotatable bonds is 2. The van der Waals surface area contributed by atoms with Crippen molar-refractivity contribution < 1.29 is 9.53 Å². The Morgan fingerprint density at radius 3 is 2.26 bits per heavy atom. The average Bonchev–Trinajstić information content (AvgIpc) is 2.68. The van der Waals surface area contributed by atoms with Crippen molar-refractivity contribution in [3.8, 4) is 10.6 Å². The second-order valence-electron chi connectivity index (χ2n) is 4.70. The van der Waals surface area contributed by atoms with E-state index in [0.717, 1.165) is 16.3 Å². The minimum atomic E-state index is -0.316. The molecule has 19 heavy (non-hydrogen) atoms. The largest absolute Gasteiger partial charge is 0.465 e. The van der Waals surface area contributed by atoms with Gasteiger partial charge in [-0.2, -0.15) is 0 Å². The molecule has 0 aliphatic rings. The van der Waals surface area contributed by atoms with E-state index in [0.29, 0.717) is 4.88 Å². The van der Waals surface area contributed by atoms with Crippen LogP contribution in [0.1, 0.15) is 32.1 Å². The van der Waals surface area contributed by atoms with Gasteiger partial charge in [-0.3, -0.25) is 0 Å². The van der Waals surface area contributed by atoms with Gasteiger partial charge in [0.1, 0.15) is 9.88 Å². The van der Waals surface area contributed by atoms with Crippen molar-refractivity contribution in [1.29, 1.82) is 0 Å². The molecular weight excluding hydrogens is 258 g/mol. The zero-order valence-electron chi connectivity index (χ0n) is 11.8. The lowest BCUT2D eigenvalue weighted by Crippen LogP contribution is -1.99. The van der Waals surface area contributed by atoms with Gasteiger partial charge in [0.15, 0.2) is 0 Å².